The van der Waals surface area contributed by atoms with Gasteiger partial charge in [0.05, 0.1) is 6.61 Å². The fourth-order valence-electron chi connectivity index (χ4n) is 0.718. The Hall–Kier alpha value is -0.470. The van der Waals surface area contributed by atoms with Crippen molar-refractivity contribution in [3.05, 3.63) is 24.3 Å². The summed E-state index contributed by atoms with van der Waals surface area (Å²) in [5.74, 6) is 0.0741. The van der Waals surface area contributed by atoms with E-state index < -0.39 is 0 Å². The van der Waals surface area contributed by atoms with E-state index in [2.05, 4.69) is 0 Å². The van der Waals surface area contributed by atoms with E-state index in [0.29, 0.717) is 0 Å². The van der Waals surface area contributed by atoms with Gasteiger partial charge in [-0.3, -0.25) is 0 Å². The van der Waals surface area contributed by atoms with E-state index in [9.17, 15) is 0 Å². The lowest BCUT2D eigenvalue weighted by Crippen LogP contribution is -2.13. The van der Waals surface area contributed by atoms with Gasteiger partial charge in [-0.15, -0.1) is 0 Å². The van der Waals surface area contributed by atoms with Gasteiger partial charge in [-0.1, -0.05) is 30.4 Å². The Morgan fingerprint density at radius 3 is 2.78 bits per heavy atom. The van der Waals surface area contributed by atoms with Gasteiger partial charge in [0.25, 0.3) is 0 Å². The van der Waals surface area contributed by atoms with Crippen molar-refractivity contribution in [3.8, 4) is 0 Å². The minimum atomic E-state index is 0.0741. The van der Waals surface area contributed by atoms with Crippen molar-refractivity contribution in [1.29, 1.82) is 0 Å². The van der Waals surface area contributed by atoms with Crippen LogP contribution >= 0.6 is 12.2 Å². The largest absolute Gasteiger partial charge is 0.395 e. The van der Waals surface area contributed by atoms with Crippen molar-refractivity contribution >= 4 is 17.1 Å². The Bertz CT molecular complexity index is 170. The molecular weight excluding hydrogens is 132 g/mol. The van der Waals surface area contributed by atoms with Gasteiger partial charge in [-0.05, 0) is 6.08 Å². The topological polar surface area (TPSA) is 20.2 Å². The van der Waals surface area contributed by atoms with Gasteiger partial charge in [0.2, 0.25) is 0 Å². The van der Waals surface area contributed by atoms with Crippen LogP contribution in [0.15, 0.2) is 24.3 Å². The minimum absolute atomic E-state index is 0.0741. The van der Waals surface area contributed by atoms with E-state index in [4.69, 9.17) is 17.3 Å². The summed E-state index contributed by atoms with van der Waals surface area (Å²) in [6.07, 6.45) is 7.53. The predicted octanol–water partition coefficient (Wildman–Crippen LogP) is 1.09. The zero-order valence-corrected chi connectivity index (χ0v) is 5.77. The molecule has 1 unspecified atom stereocenters. The molecule has 1 atom stereocenters. The third-order valence-corrected chi connectivity index (χ3v) is 1.72. The zero-order chi connectivity index (χ0) is 6.69. The molecule has 0 heterocycles. The number of allylic oxidation sites excluding steroid dienone is 3. The lowest BCUT2D eigenvalue weighted by molar-refractivity contribution is 0.282. The average Bonchev–Trinajstić information content (AvgIpc) is 1.89. The minimum Gasteiger partial charge on any atom is -0.395 e. The fraction of sp³-hybridized carbons (Fsp3) is 0.286. The molecule has 0 bridgehead atoms. The Balaban J connectivity index is 2.66. The summed E-state index contributed by atoms with van der Waals surface area (Å²) >= 11 is 4.93. The molecule has 0 spiro atoms. The summed E-state index contributed by atoms with van der Waals surface area (Å²) in [5, 5.41) is 8.69. The van der Waals surface area contributed by atoms with Crippen LogP contribution in [0, 0.1) is 5.92 Å². The summed E-state index contributed by atoms with van der Waals surface area (Å²) < 4.78 is 0. The molecule has 0 aromatic heterocycles. The van der Waals surface area contributed by atoms with Crippen LogP contribution in [0.5, 0.6) is 0 Å². The third kappa shape index (κ3) is 1.47. The second-order valence-corrected chi connectivity index (χ2v) is 2.41. The second-order valence-electron chi connectivity index (χ2n) is 1.94. The molecule has 2 heteroatoms. The highest BCUT2D eigenvalue weighted by Crippen LogP contribution is 2.07. The first-order valence-electron chi connectivity index (χ1n) is 2.84. The van der Waals surface area contributed by atoms with E-state index in [1.54, 1.807) is 0 Å². The van der Waals surface area contributed by atoms with Crippen LogP contribution in [0.3, 0.4) is 0 Å². The number of rotatable bonds is 1. The van der Waals surface area contributed by atoms with Crippen molar-refractivity contribution in [1.82, 2.24) is 0 Å². The molecule has 1 rings (SSSR count). The summed E-state index contributed by atoms with van der Waals surface area (Å²) in [5.41, 5.74) is 0. The first-order valence-corrected chi connectivity index (χ1v) is 3.25. The van der Waals surface area contributed by atoms with Crippen molar-refractivity contribution in [2.75, 3.05) is 6.61 Å². The van der Waals surface area contributed by atoms with Crippen LogP contribution in [0.2, 0.25) is 0 Å². The monoisotopic (exact) mass is 140 g/mol. The highest BCUT2D eigenvalue weighted by atomic mass is 32.1. The van der Waals surface area contributed by atoms with E-state index in [-0.39, 0.29) is 12.5 Å². The van der Waals surface area contributed by atoms with Gasteiger partial charge < -0.3 is 5.11 Å². The first kappa shape index (κ1) is 6.65. The molecule has 48 valence electrons. The lowest BCUT2D eigenvalue weighted by atomic mass is 10.0. The van der Waals surface area contributed by atoms with Gasteiger partial charge >= 0.3 is 0 Å². The number of hydrogen-bond acceptors (Lipinski definition) is 2. The molecule has 0 radical (unpaired) electrons. The van der Waals surface area contributed by atoms with Gasteiger partial charge in [-0.25, -0.2) is 0 Å². The Morgan fingerprint density at radius 1 is 1.56 bits per heavy atom. The maximum Gasteiger partial charge on any atom is 0.0542 e. The molecule has 0 saturated heterocycles. The van der Waals surface area contributed by atoms with Crippen LogP contribution in [0.1, 0.15) is 0 Å². The van der Waals surface area contributed by atoms with Crippen LogP contribution in [-0.2, 0) is 0 Å². The normalized spacial score (nSPS) is 25.0. The van der Waals surface area contributed by atoms with Gasteiger partial charge in [0.15, 0.2) is 0 Å². The van der Waals surface area contributed by atoms with Crippen molar-refractivity contribution in [2.45, 2.75) is 0 Å². The molecule has 1 N–H and O–H groups in total. The number of thiocarbonyl (C=S) groups is 1. The molecule has 0 fully saturated rings. The molecule has 1 nitrogen and oxygen atoms in total. The average molecular weight is 140 g/mol. The van der Waals surface area contributed by atoms with Crippen molar-refractivity contribution < 1.29 is 5.11 Å². The Morgan fingerprint density at radius 2 is 2.33 bits per heavy atom. The molecule has 1 aliphatic rings. The number of aliphatic hydroxyl groups excluding tert-OH is 1. The van der Waals surface area contributed by atoms with Gasteiger partial charge in [0.1, 0.15) is 0 Å². The van der Waals surface area contributed by atoms with E-state index in [1.807, 2.05) is 24.3 Å². The van der Waals surface area contributed by atoms with E-state index in [1.165, 1.54) is 0 Å². The summed E-state index contributed by atoms with van der Waals surface area (Å²) in [7, 11) is 0. The van der Waals surface area contributed by atoms with Gasteiger partial charge in [0, 0.05) is 10.8 Å². The molecule has 0 aromatic carbocycles. The predicted molar refractivity (Wildman–Crippen MR) is 41.5 cm³/mol. The molecule has 0 saturated carbocycles. The maximum absolute atomic E-state index is 8.69. The maximum atomic E-state index is 8.69. The van der Waals surface area contributed by atoms with Crippen LogP contribution in [0.4, 0.5) is 0 Å². The molecule has 1 aliphatic carbocycles. The summed E-state index contributed by atoms with van der Waals surface area (Å²) in [6.45, 7) is 0.125. The Kier molecular flexibility index (Phi) is 2.14. The molecule has 9 heavy (non-hydrogen) atoms. The molecule has 0 aliphatic heterocycles. The number of hydrogen-bond donors (Lipinski definition) is 1. The third-order valence-electron chi connectivity index (χ3n) is 1.28. The molecule has 0 amide bonds. The summed E-state index contributed by atoms with van der Waals surface area (Å²) in [4.78, 5) is 0.819. The second kappa shape index (κ2) is 2.90. The molecule has 0 aromatic rings. The Labute approximate surface area is 59.7 Å². The first-order chi connectivity index (χ1) is 4.34. The quantitative estimate of drug-likeness (QED) is 0.550. The van der Waals surface area contributed by atoms with E-state index in [0.717, 1.165) is 4.86 Å². The molecular formula is C7H8OS. The lowest BCUT2D eigenvalue weighted by Gasteiger charge is -2.09. The van der Waals surface area contributed by atoms with Crippen LogP contribution in [-0.4, -0.2) is 16.6 Å². The standard InChI is InChI=1S/C7H8OS/c8-5-6-3-1-2-4-7(6)9/h1-4,6,8H,5H2. The zero-order valence-electron chi connectivity index (χ0n) is 4.95. The van der Waals surface area contributed by atoms with Crippen LogP contribution in [0.25, 0.3) is 0 Å². The van der Waals surface area contributed by atoms with E-state index >= 15 is 0 Å². The highest BCUT2D eigenvalue weighted by Gasteiger charge is 2.07. The smallest absolute Gasteiger partial charge is 0.0542 e. The summed E-state index contributed by atoms with van der Waals surface area (Å²) in [6, 6.07) is 0. The van der Waals surface area contributed by atoms with Crippen molar-refractivity contribution in [3.63, 3.8) is 0 Å². The SMILES string of the molecule is OCC1C=CC=CC1=S. The van der Waals surface area contributed by atoms with Crippen molar-refractivity contribution in [2.24, 2.45) is 5.92 Å². The highest BCUT2D eigenvalue weighted by molar-refractivity contribution is 7.80. The fourth-order valence-corrected chi connectivity index (χ4v) is 0.950. The van der Waals surface area contributed by atoms with Crippen LogP contribution < -0.4 is 0 Å². The van der Waals surface area contributed by atoms with Gasteiger partial charge in [-0.2, -0.15) is 0 Å². The number of aliphatic hydroxyl groups is 1.